The zero-order valence-corrected chi connectivity index (χ0v) is 12.6. The second-order valence-electron chi connectivity index (χ2n) is 4.62. The molecule has 0 fully saturated rings. The SMILES string of the molecule is O=C(Nc1ccc(S(=O)(=O)F)cc1)Nc1cccc(C(F)(F)F)c1. The van der Waals surface area contributed by atoms with Gasteiger partial charge in [0.05, 0.1) is 10.5 Å². The molecule has 2 aromatic carbocycles. The van der Waals surface area contributed by atoms with Crippen molar-refractivity contribution < 1.29 is 30.3 Å². The molecular formula is C14H10F4N2O3S. The van der Waals surface area contributed by atoms with Crippen molar-refractivity contribution in [2.24, 2.45) is 0 Å². The van der Waals surface area contributed by atoms with E-state index in [4.69, 9.17) is 0 Å². The Hall–Kier alpha value is -2.62. The minimum atomic E-state index is -4.85. The van der Waals surface area contributed by atoms with Crippen LogP contribution in [0.4, 0.5) is 33.2 Å². The summed E-state index contributed by atoms with van der Waals surface area (Å²) < 4.78 is 71.8. The van der Waals surface area contributed by atoms with Crippen molar-refractivity contribution in [3.63, 3.8) is 0 Å². The molecule has 0 unspecified atom stereocenters. The number of carbonyl (C=O) groups excluding carboxylic acids is 1. The van der Waals surface area contributed by atoms with Crippen LogP contribution in [0.5, 0.6) is 0 Å². The third-order valence-electron chi connectivity index (χ3n) is 2.84. The summed E-state index contributed by atoms with van der Waals surface area (Å²) in [5.74, 6) is 0. The Balaban J connectivity index is 2.06. The quantitative estimate of drug-likeness (QED) is 0.640. The van der Waals surface area contributed by atoms with E-state index in [0.29, 0.717) is 0 Å². The van der Waals surface area contributed by atoms with Gasteiger partial charge in [0.15, 0.2) is 0 Å². The number of rotatable bonds is 3. The maximum Gasteiger partial charge on any atom is 0.416 e. The van der Waals surface area contributed by atoms with Crippen molar-refractivity contribution in [3.05, 3.63) is 54.1 Å². The van der Waals surface area contributed by atoms with Gasteiger partial charge in [-0.05, 0) is 42.5 Å². The van der Waals surface area contributed by atoms with Gasteiger partial charge in [-0.25, -0.2) is 4.79 Å². The highest BCUT2D eigenvalue weighted by Crippen LogP contribution is 2.30. The van der Waals surface area contributed by atoms with Crippen molar-refractivity contribution >= 4 is 27.6 Å². The molecule has 0 bridgehead atoms. The van der Waals surface area contributed by atoms with E-state index in [2.05, 4.69) is 10.6 Å². The van der Waals surface area contributed by atoms with Gasteiger partial charge in [0.1, 0.15) is 0 Å². The molecule has 0 saturated heterocycles. The van der Waals surface area contributed by atoms with E-state index in [1.54, 1.807) is 0 Å². The predicted molar refractivity (Wildman–Crippen MR) is 78.8 cm³/mol. The number of anilines is 2. The molecule has 5 nitrogen and oxygen atoms in total. The third kappa shape index (κ3) is 4.69. The molecule has 0 heterocycles. The lowest BCUT2D eigenvalue weighted by Crippen LogP contribution is -2.19. The van der Waals surface area contributed by atoms with Crippen molar-refractivity contribution in [3.8, 4) is 0 Å². The van der Waals surface area contributed by atoms with E-state index >= 15 is 0 Å². The number of halogens is 4. The highest BCUT2D eigenvalue weighted by molar-refractivity contribution is 7.86. The number of benzene rings is 2. The summed E-state index contributed by atoms with van der Waals surface area (Å²) in [5.41, 5.74) is -0.866. The fourth-order valence-electron chi connectivity index (χ4n) is 1.77. The largest absolute Gasteiger partial charge is 0.416 e. The predicted octanol–water partition coefficient (Wildman–Crippen LogP) is 4.01. The molecule has 2 N–H and O–H groups in total. The molecule has 2 amide bonds. The lowest BCUT2D eigenvalue weighted by Gasteiger charge is -2.11. The zero-order chi connectivity index (χ0) is 18.0. The van der Waals surface area contributed by atoms with Crippen molar-refractivity contribution in [2.75, 3.05) is 10.6 Å². The van der Waals surface area contributed by atoms with Crippen LogP contribution in [0.3, 0.4) is 0 Å². The normalized spacial score (nSPS) is 11.8. The number of carbonyl (C=O) groups is 1. The van der Waals surface area contributed by atoms with Gasteiger partial charge in [-0.15, -0.1) is 3.89 Å². The Morgan fingerprint density at radius 3 is 2.04 bits per heavy atom. The van der Waals surface area contributed by atoms with Gasteiger partial charge in [-0.3, -0.25) is 0 Å². The summed E-state index contributed by atoms with van der Waals surface area (Å²) in [6.07, 6.45) is -4.54. The van der Waals surface area contributed by atoms with Crippen LogP contribution in [0.15, 0.2) is 53.4 Å². The summed E-state index contributed by atoms with van der Waals surface area (Å²) in [5, 5.41) is 4.48. The topological polar surface area (TPSA) is 75.3 Å². The lowest BCUT2D eigenvalue weighted by molar-refractivity contribution is -0.137. The van der Waals surface area contributed by atoms with E-state index in [9.17, 15) is 30.3 Å². The van der Waals surface area contributed by atoms with Crippen LogP contribution in [-0.4, -0.2) is 14.4 Å². The third-order valence-corrected chi connectivity index (χ3v) is 3.68. The molecule has 0 aromatic heterocycles. The maximum atomic E-state index is 12.7. The van der Waals surface area contributed by atoms with Gasteiger partial charge in [0.2, 0.25) is 0 Å². The molecule has 0 aliphatic heterocycles. The highest BCUT2D eigenvalue weighted by Gasteiger charge is 2.30. The molecule has 24 heavy (non-hydrogen) atoms. The van der Waals surface area contributed by atoms with Gasteiger partial charge in [0.25, 0.3) is 0 Å². The average molecular weight is 362 g/mol. The fraction of sp³-hybridized carbons (Fsp3) is 0.0714. The molecule has 0 aliphatic carbocycles. The van der Waals surface area contributed by atoms with E-state index in [-0.39, 0.29) is 11.4 Å². The smallest absolute Gasteiger partial charge is 0.308 e. The molecule has 10 heteroatoms. The second-order valence-corrected chi connectivity index (χ2v) is 5.97. The monoisotopic (exact) mass is 362 g/mol. The molecule has 0 saturated carbocycles. The standard InChI is InChI=1S/C14H10F4N2O3S/c15-14(16,17)9-2-1-3-11(8-9)20-13(21)19-10-4-6-12(7-5-10)24(18,22)23/h1-8H,(H2,19,20,21). The molecule has 0 aliphatic rings. The maximum absolute atomic E-state index is 12.7. The van der Waals surface area contributed by atoms with Crippen molar-refractivity contribution in [1.29, 1.82) is 0 Å². The molecule has 0 spiro atoms. The van der Waals surface area contributed by atoms with E-state index in [0.717, 1.165) is 42.5 Å². The van der Waals surface area contributed by atoms with Gasteiger partial charge < -0.3 is 10.6 Å². The average Bonchev–Trinajstić information content (AvgIpc) is 2.46. The van der Waals surface area contributed by atoms with Crippen LogP contribution in [0.2, 0.25) is 0 Å². The molecule has 128 valence electrons. The Kier molecular flexibility index (Phi) is 4.78. The number of amides is 2. The molecule has 2 rings (SSSR count). The molecule has 0 atom stereocenters. The number of hydrogen-bond acceptors (Lipinski definition) is 3. The number of nitrogens with one attached hydrogen (secondary N) is 2. The van der Waals surface area contributed by atoms with Crippen molar-refractivity contribution in [2.45, 2.75) is 11.1 Å². The first-order valence-electron chi connectivity index (χ1n) is 6.36. The Morgan fingerprint density at radius 1 is 0.917 bits per heavy atom. The zero-order valence-electron chi connectivity index (χ0n) is 11.8. The molecular weight excluding hydrogens is 352 g/mol. The number of urea groups is 1. The first-order valence-corrected chi connectivity index (χ1v) is 7.74. The summed E-state index contributed by atoms with van der Waals surface area (Å²) in [4.78, 5) is 11.2. The van der Waals surface area contributed by atoms with Gasteiger partial charge in [-0.1, -0.05) is 6.07 Å². The van der Waals surface area contributed by atoms with Crippen LogP contribution in [0.1, 0.15) is 5.56 Å². The van der Waals surface area contributed by atoms with E-state index in [1.807, 2.05) is 0 Å². The fourth-order valence-corrected chi connectivity index (χ4v) is 2.23. The number of hydrogen-bond donors (Lipinski definition) is 2. The first-order chi connectivity index (χ1) is 11.1. The Labute approximate surface area is 134 Å². The van der Waals surface area contributed by atoms with E-state index in [1.165, 1.54) is 6.07 Å². The molecule has 0 radical (unpaired) electrons. The summed E-state index contributed by atoms with van der Waals surface area (Å²) >= 11 is 0. The van der Waals surface area contributed by atoms with Crippen LogP contribution >= 0.6 is 0 Å². The van der Waals surface area contributed by atoms with Gasteiger partial charge in [0, 0.05) is 11.4 Å². The first kappa shape index (κ1) is 17.7. The van der Waals surface area contributed by atoms with Gasteiger partial charge in [-0.2, -0.15) is 21.6 Å². The van der Waals surface area contributed by atoms with Crippen LogP contribution in [0.25, 0.3) is 0 Å². The number of alkyl halides is 3. The molecule has 2 aromatic rings. The van der Waals surface area contributed by atoms with E-state index < -0.39 is 32.9 Å². The minimum absolute atomic E-state index is 0.0784. The lowest BCUT2D eigenvalue weighted by atomic mass is 10.2. The van der Waals surface area contributed by atoms with Gasteiger partial charge >= 0.3 is 22.4 Å². The minimum Gasteiger partial charge on any atom is -0.308 e. The Morgan fingerprint density at radius 2 is 1.50 bits per heavy atom. The van der Waals surface area contributed by atoms with Crippen LogP contribution in [0, 0.1) is 0 Å². The van der Waals surface area contributed by atoms with Crippen molar-refractivity contribution in [1.82, 2.24) is 0 Å². The summed E-state index contributed by atoms with van der Waals surface area (Å²) in [7, 11) is -4.85. The summed E-state index contributed by atoms with van der Waals surface area (Å²) in [6.45, 7) is 0. The highest BCUT2D eigenvalue weighted by atomic mass is 32.3. The van der Waals surface area contributed by atoms with Crippen LogP contribution < -0.4 is 10.6 Å². The summed E-state index contributed by atoms with van der Waals surface area (Å²) in [6, 6.07) is 7.34. The van der Waals surface area contributed by atoms with Crippen LogP contribution in [-0.2, 0) is 16.4 Å². The Bertz CT molecular complexity index is 849. The second kappa shape index (κ2) is 6.48.